The zero-order chi connectivity index (χ0) is 31.0. The molecule has 44 heavy (non-hydrogen) atoms. The number of halogens is 1. The molecule has 2 bridgehead atoms. The van der Waals surface area contributed by atoms with Crippen LogP contribution < -0.4 is 11.5 Å². The highest BCUT2D eigenvalue weighted by Gasteiger charge is 2.54. The quantitative estimate of drug-likeness (QED) is 0.141. The van der Waals surface area contributed by atoms with E-state index in [2.05, 4.69) is 42.2 Å². The van der Waals surface area contributed by atoms with Gasteiger partial charge in [-0.05, 0) is 0 Å². The molecule has 4 aromatic heterocycles. The molecule has 0 aliphatic carbocycles. The Labute approximate surface area is 250 Å². The fraction of sp³-hybridized carbons (Fsp3) is 0.500. The summed E-state index contributed by atoms with van der Waals surface area (Å²) in [7, 11) is -5.06. The summed E-state index contributed by atoms with van der Waals surface area (Å²) >= 11 is 4.04. The largest absolute Gasteiger partial charge is 0.472 e. The Morgan fingerprint density at radius 1 is 0.841 bits per heavy atom. The van der Waals surface area contributed by atoms with Gasteiger partial charge in [0.15, 0.2) is 41.6 Å². The number of imidazole rings is 2. The average molecular weight is 676 g/mol. The van der Waals surface area contributed by atoms with Crippen LogP contribution in [0.5, 0.6) is 0 Å². The first-order valence-electron chi connectivity index (χ1n) is 12.7. The molecule has 7 heterocycles. The third-order valence-electron chi connectivity index (χ3n) is 7.22. The van der Waals surface area contributed by atoms with Crippen molar-refractivity contribution in [2.75, 3.05) is 24.7 Å². The maximum atomic E-state index is 15.9. The van der Waals surface area contributed by atoms with E-state index in [0.717, 1.165) is 6.33 Å². The smallest absolute Gasteiger partial charge is 0.387 e. The fourth-order valence-electron chi connectivity index (χ4n) is 5.19. The van der Waals surface area contributed by atoms with Crippen molar-refractivity contribution in [3.63, 3.8) is 0 Å². The van der Waals surface area contributed by atoms with Crippen LogP contribution in [-0.2, 0) is 36.7 Å². The van der Waals surface area contributed by atoms with Gasteiger partial charge in [0.25, 0.3) is 0 Å². The lowest BCUT2D eigenvalue weighted by Gasteiger charge is -2.26. The number of phosphoric ester groups is 1. The van der Waals surface area contributed by atoms with E-state index in [1.54, 1.807) is 0 Å². The summed E-state index contributed by atoms with van der Waals surface area (Å²) in [6, 6.07) is 0. The van der Waals surface area contributed by atoms with E-state index >= 15 is 4.39 Å². The van der Waals surface area contributed by atoms with Gasteiger partial charge in [-0.1, -0.05) is 12.2 Å². The maximum Gasteiger partial charge on any atom is 0.472 e. The summed E-state index contributed by atoms with van der Waals surface area (Å²) in [5, 5.41) is 11.1. The molecule has 20 nitrogen and oxygen atoms in total. The van der Waals surface area contributed by atoms with Crippen LogP contribution in [0.2, 0.25) is 0 Å². The number of aliphatic hydroxyl groups excluding tert-OH is 1. The monoisotopic (exact) mass is 676 g/mol. The number of alkyl halides is 1. The number of nitrogen functional groups attached to an aromatic ring is 2. The van der Waals surface area contributed by atoms with Gasteiger partial charge in [-0.25, -0.2) is 43.4 Å². The summed E-state index contributed by atoms with van der Waals surface area (Å²) < 4.78 is 78.0. The standard InChI is InChI=1S/C20H23FN10O10P2S/c21-9-13-8(39-19(9)30-5-28-10-15(22)24-3-26-17(10)30)2-37-43(35,44)41-14-12(32)7(1-36-42(33,34)40-13)38-20(14)31-6-29-11-16(23)25-4-27-18(11)31/h3-9,12-14,19-20,32H,1-2H2,(H,33,34)(H,35,44)(H2,22,24,26)(H2,23,25,27)/t7?,8?,9?,12?,13?,14?,19?,20-,43?/m1/s1. The summed E-state index contributed by atoms with van der Waals surface area (Å²) in [4.78, 5) is 34.7. The van der Waals surface area contributed by atoms with Gasteiger partial charge in [0.05, 0.1) is 25.9 Å². The first-order chi connectivity index (χ1) is 20.9. The molecule has 0 saturated carbocycles. The van der Waals surface area contributed by atoms with Crippen molar-refractivity contribution in [2.45, 2.75) is 49.1 Å². The Morgan fingerprint density at radius 3 is 2.05 bits per heavy atom. The third-order valence-corrected chi connectivity index (χ3v) is 9.82. The summed E-state index contributed by atoms with van der Waals surface area (Å²) in [5.74, 6) is 0.0891. The van der Waals surface area contributed by atoms with Gasteiger partial charge in [0.2, 0.25) is 0 Å². The second kappa shape index (κ2) is 10.9. The minimum absolute atomic E-state index is 0.0302. The fourth-order valence-corrected chi connectivity index (χ4v) is 7.60. The molecule has 3 aliphatic rings. The number of nitrogens with two attached hydrogens (primary N) is 2. The van der Waals surface area contributed by atoms with Gasteiger partial charge in [0, 0.05) is 0 Å². The Morgan fingerprint density at radius 2 is 1.41 bits per heavy atom. The third kappa shape index (κ3) is 5.14. The van der Waals surface area contributed by atoms with Crippen molar-refractivity contribution < 1.29 is 51.1 Å². The molecule has 7 rings (SSSR count). The van der Waals surface area contributed by atoms with E-state index in [0.29, 0.717) is 0 Å². The van der Waals surface area contributed by atoms with Crippen LogP contribution in [0.3, 0.4) is 0 Å². The minimum Gasteiger partial charge on any atom is -0.387 e. The van der Waals surface area contributed by atoms with Crippen molar-refractivity contribution >= 4 is 60.8 Å². The van der Waals surface area contributed by atoms with Crippen LogP contribution in [-0.4, -0.2) is 98.9 Å². The van der Waals surface area contributed by atoms with Crippen LogP contribution in [0.15, 0.2) is 25.3 Å². The highest BCUT2D eigenvalue weighted by atomic mass is 32.7. The van der Waals surface area contributed by atoms with Gasteiger partial charge in [-0.15, -0.1) is 0 Å². The van der Waals surface area contributed by atoms with Crippen molar-refractivity contribution in [1.29, 1.82) is 0 Å². The molecular weight excluding hydrogens is 653 g/mol. The number of aliphatic hydroxyl groups is 1. The molecule has 0 spiro atoms. The van der Waals surface area contributed by atoms with E-state index in [1.807, 2.05) is 0 Å². The lowest BCUT2D eigenvalue weighted by atomic mass is 10.1. The second-order valence-corrected chi connectivity index (χ2v) is 14.2. The number of hydrogen-bond donors (Lipinski definition) is 5. The summed E-state index contributed by atoms with van der Waals surface area (Å²) in [5.41, 5.74) is 12.4. The Kier molecular flexibility index (Phi) is 7.37. The zero-order valence-electron chi connectivity index (χ0n) is 22.0. The highest BCUT2D eigenvalue weighted by molar-refractivity contribution is 8.44. The predicted octanol–water partition coefficient (Wildman–Crippen LogP) is 0.280. The SMILES string of the molecule is Nc1ncnc2c1ncn2C1OC2COP(=O)(S)OC3C(O)C(COP(=O)(O)OC2C1F)O[C@H]3n1cnc2c(N)ncnc21. The number of thiol groups is 1. The number of anilines is 2. The van der Waals surface area contributed by atoms with Crippen molar-refractivity contribution in [2.24, 2.45) is 0 Å². The second-order valence-electron chi connectivity index (χ2n) is 9.90. The van der Waals surface area contributed by atoms with Gasteiger partial charge in [0.1, 0.15) is 54.2 Å². The molecule has 24 heteroatoms. The zero-order valence-corrected chi connectivity index (χ0v) is 24.6. The van der Waals surface area contributed by atoms with Crippen LogP contribution in [0.1, 0.15) is 12.5 Å². The van der Waals surface area contributed by atoms with Crippen molar-refractivity contribution in [1.82, 2.24) is 39.0 Å². The van der Waals surface area contributed by atoms with Gasteiger partial charge < -0.3 is 30.9 Å². The number of hydrogen-bond acceptors (Lipinski definition) is 17. The first kappa shape index (κ1) is 29.8. The van der Waals surface area contributed by atoms with Crippen molar-refractivity contribution in [3.8, 4) is 0 Å². The molecule has 0 amide bonds. The maximum absolute atomic E-state index is 15.9. The number of ether oxygens (including phenoxy) is 2. The van der Waals surface area contributed by atoms with E-state index in [9.17, 15) is 19.1 Å². The van der Waals surface area contributed by atoms with Crippen LogP contribution in [0.4, 0.5) is 16.0 Å². The molecule has 3 fully saturated rings. The first-order valence-corrected chi connectivity index (χ1v) is 16.9. The molecule has 0 aromatic carbocycles. The number of nitrogens with zero attached hydrogens (tertiary/aromatic N) is 8. The van der Waals surface area contributed by atoms with Gasteiger partial charge in [-0.2, -0.15) is 0 Å². The molecule has 236 valence electrons. The molecule has 4 aromatic rings. The highest BCUT2D eigenvalue weighted by Crippen LogP contribution is 2.58. The van der Waals surface area contributed by atoms with E-state index in [1.165, 1.54) is 28.1 Å². The van der Waals surface area contributed by atoms with Gasteiger partial charge >= 0.3 is 14.6 Å². The minimum atomic E-state index is -5.06. The Hall–Kier alpha value is -2.88. The molecule has 9 unspecified atom stereocenters. The Bertz CT molecular complexity index is 1830. The van der Waals surface area contributed by atoms with E-state index < -0.39 is 77.0 Å². The molecule has 10 atom stereocenters. The van der Waals surface area contributed by atoms with Crippen LogP contribution in [0.25, 0.3) is 22.3 Å². The van der Waals surface area contributed by atoms with E-state index in [-0.39, 0.29) is 34.0 Å². The number of aromatic nitrogens is 8. The molecule has 6 N–H and O–H groups in total. The number of rotatable bonds is 2. The normalized spacial score (nSPS) is 38.3. The van der Waals surface area contributed by atoms with Crippen LogP contribution >= 0.6 is 26.9 Å². The van der Waals surface area contributed by atoms with Gasteiger partial charge in [-0.3, -0.25) is 27.2 Å². The molecule has 0 radical (unpaired) electrons. The Balaban J connectivity index is 1.20. The average Bonchev–Trinajstić information content (AvgIpc) is 3.73. The van der Waals surface area contributed by atoms with Crippen LogP contribution in [0, 0.1) is 0 Å². The predicted molar refractivity (Wildman–Crippen MR) is 146 cm³/mol. The topological polar surface area (TPSA) is 269 Å². The van der Waals surface area contributed by atoms with E-state index in [4.69, 9.17) is 39.0 Å². The summed E-state index contributed by atoms with van der Waals surface area (Å²) in [6.45, 7) is -5.84. The molecule has 3 aliphatic heterocycles. The number of fused-ring (bicyclic) bond motifs is 5. The lowest BCUT2D eigenvalue weighted by Crippen LogP contribution is -2.35. The molecule has 3 saturated heterocycles. The van der Waals surface area contributed by atoms with Crippen molar-refractivity contribution in [3.05, 3.63) is 25.3 Å². The summed E-state index contributed by atoms with van der Waals surface area (Å²) in [6.07, 6.45) is -7.80. The lowest BCUT2D eigenvalue weighted by molar-refractivity contribution is -0.0619. The number of phosphoric acid groups is 1. The molecular formula is C20H23FN10O10P2S.